The van der Waals surface area contributed by atoms with Crippen LogP contribution in [0.25, 0.3) is 0 Å². The van der Waals surface area contributed by atoms with Gasteiger partial charge in [0.15, 0.2) is 6.10 Å². The number of pyridine rings is 1. The van der Waals surface area contributed by atoms with Crippen molar-refractivity contribution in [2.24, 2.45) is 0 Å². The zero-order valence-corrected chi connectivity index (χ0v) is 14.4. The first-order valence-corrected chi connectivity index (χ1v) is 8.44. The number of carbonyl (C=O) groups excluding carboxylic acids is 1. The number of cyclic esters (lactones) is 1. The molecule has 4 rings (SSSR count). The minimum Gasteiger partial charge on any atom is -0.449 e. The Kier molecular flexibility index (Phi) is 3.98. The summed E-state index contributed by atoms with van der Waals surface area (Å²) >= 11 is 0. The molecule has 1 saturated heterocycles. The summed E-state index contributed by atoms with van der Waals surface area (Å²) in [6.07, 6.45) is -0.655. The van der Waals surface area contributed by atoms with Crippen LogP contribution in [-0.2, 0) is 9.47 Å². The van der Waals surface area contributed by atoms with Crippen molar-refractivity contribution in [2.45, 2.75) is 13.0 Å². The highest BCUT2D eigenvalue weighted by atomic mass is 16.5. The van der Waals surface area contributed by atoms with Crippen molar-refractivity contribution in [3.63, 3.8) is 0 Å². The van der Waals surface area contributed by atoms with E-state index in [2.05, 4.69) is 11.1 Å². The van der Waals surface area contributed by atoms with Crippen LogP contribution in [0.4, 0.5) is 11.6 Å². The van der Waals surface area contributed by atoms with E-state index in [1.165, 1.54) is 0 Å². The smallest absolute Gasteiger partial charge is 0.343 e. The fourth-order valence-electron chi connectivity index (χ4n) is 3.40. The van der Waals surface area contributed by atoms with Gasteiger partial charge in [0.2, 0.25) is 0 Å². The highest BCUT2D eigenvalue weighted by molar-refractivity contribution is 6.00. The van der Waals surface area contributed by atoms with Crippen molar-refractivity contribution in [3.8, 4) is 6.07 Å². The van der Waals surface area contributed by atoms with Gasteiger partial charge in [-0.25, -0.2) is 9.78 Å². The summed E-state index contributed by atoms with van der Waals surface area (Å²) in [4.78, 5) is 18.7. The second kappa shape index (κ2) is 6.32. The molecule has 1 atom stereocenters. The van der Waals surface area contributed by atoms with Crippen LogP contribution in [-0.4, -0.2) is 37.3 Å². The molecule has 7 nitrogen and oxygen atoms in total. The lowest BCUT2D eigenvalue weighted by Gasteiger charge is -2.29. The minimum atomic E-state index is -0.655. The molecule has 1 unspecified atom stereocenters. The van der Waals surface area contributed by atoms with Gasteiger partial charge in [-0.05, 0) is 12.5 Å². The van der Waals surface area contributed by atoms with Gasteiger partial charge >= 0.3 is 5.97 Å². The van der Waals surface area contributed by atoms with Crippen molar-refractivity contribution >= 4 is 17.6 Å². The Hall–Kier alpha value is -3.11. The third-order valence-corrected chi connectivity index (χ3v) is 4.74. The lowest BCUT2D eigenvalue weighted by atomic mass is 9.94. The number of morpholine rings is 1. The zero-order chi connectivity index (χ0) is 18.3. The maximum Gasteiger partial charge on any atom is 0.343 e. The van der Waals surface area contributed by atoms with E-state index in [1.54, 1.807) is 0 Å². The van der Waals surface area contributed by atoms with Gasteiger partial charge in [-0.3, -0.25) is 0 Å². The van der Waals surface area contributed by atoms with Crippen molar-refractivity contribution in [2.75, 3.05) is 36.9 Å². The fraction of sp³-hybridized carbons (Fsp3) is 0.316. The van der Waals surface area contributed by atoms with Crippen LogP contribution in [0.3, 0.4) is 0 Å². The van der Waals surface area contributed by atoms with Crippen LogP contribution in [0.2, 0.25) is 0 Å². The molecule has 2 aliphatic heterocycles. The molecule has 1 fully saturated rings. The first-order chi connectivity index (χ1) is 12.6. The lowest BCUT2D eigenvalue weighted by Crippen LogP contribution is -2.37. The highest BCUT2D eigenvalue weighted by Crippen LogP contribution is 2.42. The summed E-state index contributed by atoms with van der Waals surface area (Å²) < 4.78 is 10.9. The van der Waals surface area contributed by atoms with Gasteiger partial charge in [0, 0.05) is 18.7 Å². The van der Waals surface area contributed by atoms with Gasteiger partial charge < -0.3 is 20.1 Å². The van der Waals surface area contributed by atoms with Crippen LogP contribution in [0.5, 0.6) is 0 Å². The van der Waals surface area contributed by atoms with Gasteiger partial charge in [0.05, 0.1) is 13.2 Å². The number of carbonyl (C=O) groups is 1. The minimum absolute atomic E-state index is 0.0973. The van der Waals surface area contributed by atoms with Crippen LogP contribution in [0.15, 0.2) is 24.3 Å². The number of anilines is 2. The van der Waals surface area contributed by atoms with E-state index in [4.69, 9.17) is 15.2 Å². The van der Waals surface area contributed by atoms with Crippen LogP contribution in [0.1, 0.15) is 38.7 Å². The van der Waals surface area contributed by atoms with Crippen LogP contribution >= 0.6 is 0 Å². The molecular weight excluding hydrogens is 332 g/mol. The molecule has 2 aromatic rings. The number of nitrogen functional groups attached to an aromatic ring is 1. The van der Waals surface area contributed by atoms with Gasteiger partial charge in [-0.2, -0.15) is 5.26 Å². The summed E-state index contributed by atoms with van der Waals surface area (Å²) in [6, 6.07) is 9.90. The standard InChI is InChI=1S/C19H18N4O3/c1-11-2-4-12(5-3-11)16-14-13(10-20)18(23-6-8-25-9-7-23)22-17(21)15(14)19(24)26-16/h2-5,16H,6-9H2,1H3,(H2,21,22). The Bertz CT molecular complexity index is 912. The molecule has 0 radical (unpaired) electrons. The number of nitriles is 1. The molecule has 0 amide bonds. The van der Waals surface area contributed by atoms with Crippen molar-refractivity contribution < 1.29 is 14.3 Å². The lowest BCUT2D eigenvalue weighted by molar-refractivity contribution is 0.0456. The number of aromatic nitrogens is 1. The Morgan fingerprint density at radius 1 is 1.27 bits per heavy atom. The number of fused-ring (bicyclic) bond motifs is 1. The molecule has 0 saturated carbocycles. The number of esters is 1. The second-order valence-corrected chi connectivity index (χ2v) is 6.39. The number of rotatable bonds is 2. The predicted octanol–water partition coefficient (Wildman–Crippen LogP) is 1.94. The van der Waals surface area contributed by atoms with Gasteiger partial charge in [-0.15, -0.1) is 0 Å². The van der Waals surface area contributed by atoms with E-state index >= 15 is 0 Å². The number of nitrogens with two attached hydrogens (primary N) is 1. The molecule has 0 aliphatic carbocycles. The van der Waals surface area contributed by atoms with Gasteiger partial charge in [-0.1, -0.05) is 29.8 Å². The zero-order valence-electron chi connectivity index (χ0n) is 14.4. The van der Waals surface area contributed by atoms with E-state index in [0.29, 0.717) is 43.2 Å². The Balaban J connectivity index is 1.89. The Morgan fingerprint density at radius 3 is 2.62 bits per heavy atom. The third-order valence-electron chi connectivity index (χ3n) is 4.74. The molecule has 0 bridgehead atoms. The average molecular weight is 350 g/mol. The molecule has 26 heavy (non-hydrogen) atoms. The number of hydrogen-bond acceptors (Lipinski definition) is 7. The molecule has 7 heteroatoms. The van der Waals surface area contributed by atoms with Crippen molar-refractivity contribution in [1.82, 2.24) is 4.98 Å². The van der Waals surface area contributed by atoms with E-state index in [1.807, 2.05) is 36.1 Å². The number of nitrogens with zero attached hydrogens (tertiary/aromatic N) is 3. The van der Waals surface area contributed by atoms with E-state index in [9.17, 15) is 10.1 Å². The topological polar surface area (TPSA) is 101 Å². The first kappa shape index (κ1) is 16.4. The summed E-state index contributed by atoms with van der Waals surface area (Å²) in [7, 11) is 0. The molecule has 3 heterocycles. The molecular formula is C19H18N4O3. The quantitative estimate of drug-likeness (QED) is 0.826. The molecule has 1 aromatic heterocycles. The maximum absolute atomic E-state index is 12.4. The highest BCUT2D eigenvalue weighted by Gasteiger charge is 2.39. The summed E-state index contributed by atoms with van der Waals surface area (Å²) in [5.74, 6) is 0.0446. The molecule has 2 aliphatic rings. The number of aryl methyl sites for hydroxylation is 1. The number of ether oxygens (including phenoxy) is 2. The molecule has 1 aromatic carbocycles. The summed E-state index contributed by atoms with van der Waals surface area (Å²) in [6.45, 7) is 4.33. The largest absolute Gasteiger partial charge is 0.449 e. The fourth-order valence-corrected chi connectivity index (χ4v) is 3.40. The predicted molar refractivity (Wildman–Crippen MR) is 94.8 cm³/mol. The third kappa shape index (κ3) is 2.55. The Morgan fingerprint density at radius 2 is 1.96 bits per heavy atom. The second-order valence-electron chi connectivity index (χ2n) is 6.39. The van der Waals surface area contributed by atoms with Gasteiger partial charge in [0.1, 0.15) is 28.8 Å². The molecule has 0 spiro atoms. The van der Waals surface area contributed by atoms with Crippen LogP contribution < -0.4 is 10.6 Å². The number of hydrogen-bond donors (Lipinski definition) is 1. The van der Waals surface area contributed by atoms with Crippen molar-refractivity contribution in [3.05, 3.63) is 52.1 Å². The molecule has 2 N–H and O–H groups in total. The number of benzene rings is 1. The monoisotopic (exact) mass is 350 g/mol. The maximum atomic E-state index is 12.4. The van der Waals surface area contributed by atoms with E-state index in [0.717, 1.165) is 11.1 Å². The van der Waals surface area contributed by atoms with Crippen LogP contribution in [0, 0.1) is 18.3 Å². The molecule has 132 valence electrons. The first-order valence-electron chi connectivity index (χ1n) is 8.44. The van der Waals surface area contributed by atoms with E-state index < -0.39 is 12.1 Å². The van der Waals surface area contributed by atoms with E-state index in [-0.39, 0.29) is 11.4 Å². The normalized spacial score (nSPS) is 19.0. The summed E-state index contributed by atoms with van der Waals surface area (Å²) in [5.41, 5.74) is 9.03. The SMILES string of the molecule is Cc1ccc(C2OC(=O)c3c(N)nc(N4CCOCC4)c(C#N)c32)cc1. The summed E-state index contributed by atoms with van der Waals surface area (Å²) in [5, 5.41) is 9.84. The van der Waals surface area contributed by atoms with Crippen molar-refractivity contribution in [1.29, 1.82) is 5.26 Å². The van der Waals surface area contributed by atoms with Gasteiger partial charge in [0.25, 0.3) is 0 Å². The average Bonchev–Trinajstić information content (AvgIpc) is 3.01. The Labute approximate surface area is 150 Å².